The van der Waals surface area contributed by atoms with E-state index in [2.05, 4.69) is 31.3 Å². The first-order chi connectivity index (χ1) is 9.66. The minimum absolute atomic E-state index is 0.0118. The molecule has 4 nitrogen and oxygen atoms in total. The fraction of sp³-hybridized carbons (Fsp3) is 0.625. The Labute approximate surface area is 120 Å². The maximum absolute atomic E-state index is 5.81. The van der Waals surface area contributed by atoms with Gasteiger partial charge < -0.3 is 19.5 Å². The average Bonchev–Trinajstić information content (AvgIpc) is 2.91. The Morgan fingerprint density at radius 1 is 1.20 bits per heavy atom. The second kappa shape index (κ2) is 5.62. The number of hydrogen-bond donors (Lipinski definition) is 1. The minimum atomic E-state index is -0.0118. The van der Waals surface area contributed by atoms with Crippen LogP contribution in [0.5, 0.6) is 11.5 Å². The van der Waals surface area contributed by atoms with Gasteiger partial charge in [-0.1, -0.05) is 6.07 Å². The van der Waals surface area contributed by atoms with Gasteiger partial charge in [-0.05, 0) is 44.4 Å². The first kappa shape index (κ1) is 13.7. The van der Waals surface area contributed by atoms with Crippen molar-refractivity contribution in [1.82, 2.24) is 5.32 Å². The number of fused-ring (bicyclic) bond motifs is 1. The third kappa shape index (κ3) is 2.91. The van der Waals surface area contributed by atoms with Crippen LogP contribution >= 0.6 is 0 Å². The first-order valence-corrected chi connectivity index (χ1v) is 7.43. The van der Waals surface area contributed by atoms with E-state index >= 15 is 0 Å². The molecule has 0 aliphatic carbocycles. The van der Waals surface area contributed by atoms with Crippen LogP contribution in [-0.4, -0.2) is 32.0 Å². The Morgan fingerprint density at radius 2 is 2.00 bits per heavy atom. The molecule has 1 N–H and O–H groups in total. The van der Waals surface area contributed by atoms with Gasteiger partial charge in [-0.15, -0.1) is 0 Å². The summed E-state index contributed by atoms with van der Waals surface area (Å²) in [4.78, 5) is 0. The molecule has 1 aromatic rings. The second-order valence-corrected chi connectivity index (χ2v) is 5.91. The summed E-state index contributed by atoms with van der Waals surface area (Å²) in [5.74, 6) is 1.70. The molecule has 2 aliphatic heterocycles. The topological polar surface area (TPSA) is 39.7 Å². The Hall–Kier alpha value is -1.26. The van der Waals surface area contributed by atoms with Crippen molar-refractivity contribution in [3.05, 3.63) is 23.8 Å². The highest BCUT2D eigenvalue weighted by atomic mass is 16.6. The van der Waals surface area contributed by atoms with E-state index in [0.29, 0.717) is 13.2 Å². The smallest absolute Gasteiger partial charge is 0.161 e. The van der Waals surface area contributed by atoms with Crippen molar-refractivity contribution in [2.75, 3.05) is 26.4 Å². The van der Waals surface area contributed by atoms with Crippen molar-refractivity contribution < 1.29 is 14.2 Å². The van der Waals surface area contributed by atoms with Gasteiger partial charge in [-0.25, -0.2) is 0 Å². The molecule has 110 valence electrons. The number of nitrogens with one attached hydrogen (secondary N) is 1. The zero-order valence-electron chi connectivity index (χ0n) is 12.3. The van der Waals surface area contributed by atoms with E-state index in [1.165, 1.54) is 5.56 Å². The molecule has 1 saturated heterocycles. The number of rotatable bonds is 4. The van der Waals surface area contributed by atoms with Crippen LogP contribution < -0.4 is 14.8 Å². The van der Waals surface area contributed by atoms with Crippen LogP contribution in [0.1, 0.15) is 38.3 Å². The minimum Gasteiger partial charge on any atom is -0.486 e. The van der Waals surface area contributed by atoms with Crippen molar-refractivity contribution >= 4 is 0 Å². The molecule has 1 aromatic carbocycles. The SMILES string of the molecule is CC(NCC1(C)CCCO1)c1ccc2c(c1)OCCO2. The summed E-state index contributed by atoms with van der Waals surface area (Å²) in [6.07, 6.45) is 2.30. The third-order valence-corrected chi connectivity index (χ3v) is 4.15. The second-order valence-electron chi connectivity index (χ2n) is 5.91. The van der Waals surface area contributed by atoms with Gasteiger partial charge in [0.15, 0.2) is 11.5 Å². The van der Waals surface area contributed by atoms with Crippen molar-refractivity contribution in [3.8, 4) is 11.5 Å². The molecular formula is C16H23NO3. The lowest BCUT2D eigenvalue weighted by Gasteiger charge is -2.27. The van der Waals surface area contributed by atoms with E-state index in [4.69, 9.17) is 14.2 Å². The van der Waals surface area contributed by atoms with Crippen LogP contribution in [0.15, 0.2) is 18.2 Å². The largest absolute Gasteiger partial charge is 0.486 e. The molecule has 2 aliphatic rings. The van der Waals surface area contributed by atoms with Gasteiger partial charge >= 0.3 is 0 Å². The van der Waals surface area contributed by atoms with E-state index in [1.54, 1.807) is 0 Å². The van der Waals surface area contributed by atoms with Crippen molar-refractivity contribution in [3.63, 3.8) is 0 Å². The zero-order valence-corrected chi connectivity index (χ0v) is 12.3. The standard InChI is InChI=1S/C16H23NO3/c1-12(17-11-16(2)6-3-7-20-16)13-4-5-14-15(10-13)19-9-8-18-14/h4-5,10,12,17H,3,6-9,11H2,1-2H3. The van der Waals surface area contributed by atoms with Gasteiger partial charge in [0, 0.05) is 19.2 Å². The molecule has 0 amide bonds. The predicted molar refractivity (Wildman–Crippen MR) is 77.4 cm³/mol. The van der Waals surface area contributed by atoms with Crippen molar-refractivity contribution in [2.24, 2.45) is 0 Å². The highest BCUT2D eigenvalue weighted by molar-refractivity contribution is 5.44. The van der Waals surface area contributed by atoms with E-state index in [-0.39, 0.29) is 11.6 Å². The molecule has 3 rings (SSSR count). The lowest BCUT2D eigenvalue weighted by atomic mass is 10.0. The number of hydrogen-bond acceptors (Lipinski definition) is 4. The van der Waals surface area contributed by atoms with Crippen LogP contribution in [-0.2, 0) is 4.74 Å². The molecule has 0 aromatic heterocycles. The maximum atomic E-state index is 5.81. The van der Waals surface area contributed by atoms with Gasteiger partial charge in [0.05, 0.1) is 5.60 Å². The first-order valence-electron chi connectivity index (χ1n) is 7.43. The van der Waals surface area contributed by atoms with Crippen LogP contribution in [0.2, 0.25) is 0 Å². The van der Waals surface area contributed by atoms with E-state index in [1.807, 2.05) is 6.07 Å². The van der Waals surface area contributed by atoms with E-state index in [9.17, 15) is 0 Å². The quantitative estimate of drug-likeness (QED) is 0.918. The average molecular weight is 277 g/mol. The molecule has 0 radical (unpaired) electrons. The zero-order chi connectivity index (χ0) is 14.0. The Morgan fingerprint density at radius 3 is 2.75 bits per heavy atom. The summed E-state index contributed by atoms with van der Waals surface area (Å²) in [7, 11) is 0. The lowest BCUT2D eigenvalue weighted by molar-refractivity contribution is 0.0191. The fourth-order valence-electron chi connectivity index (χ4n) is 2.79. The lowest BCUT2D eigenvalue weighted by Crippen LogP contribution is -2.38. The number of benzene rings is 1. The fourth-order valence-corrected chi connectivity index (χ4v) is 2.79. The molecule has 0 spiro atoms. The summed E-state index contributed by atoms with van der Waals surface area (Å²) in [5, 5.41) is 3.57. The molecule has 0 bridgehead atoms. The van der Waals surface area contributed by atoms with Crippen LogP contribution in [0.3, 0.4) is 0 Å². The summed E-state index contributed by atoms with van der Waals surface area (Å²) >= 11 is 0. The normalized spacial score (nSPS) is 26.5. The van der Waals surface area contributed by atoms with Crippen molar-refractivity contribution in [1.29, 1.82) is 0 Å². The van der Waals surface area contributed by atoms with E-state index in [0.717, 1.165) is 37.5 Å². The monoisotopic (exact) mass is 277 g/mol. The van der Waals surface area contributed by atoms with Gasteiger partial charge in [0.2, 0.25) is 0 Å². The van der Waals surface area contributed by atoms with Crippen LogP contribution in [0.25, 0.3) is 0 Å². The van der Waals surface area contributed by atoms with Gasteiger partial charge in [-0.2, -0.15) is 0 Å². The van der Waals surface area contributed by atoms with Gasteiger partial charge in [0.1, 0.15) is 13.2 Å². The van der Waals surface area contributed by atoms with Gasteiger partial charge in [0.25, 0.3) is 0 Å². The molecule has 2 heterocycles. The van der Waals surface area contributed by atoms with Gasteiger partial charge in [-0.3, -0.25) is 0 Å². The summed E-state index contributed by atoms with van der Waals surface area (Å²) < 4.78 is 17.0. The molecule has 2 atom stereocenters. The Kier molecular flexibility index (Phi) is 3.85. The molecule has 2 unspecified atom stereocenters. The van der Waals surface area contributed by atoms with E-state index < -0.39 is 0 Å². The Bertz CT molecular complexity index is 469. The Balaban J connectivity index is 1.63. The van der Waals surface area contributed by atoms with Crippen LogP contribution in [0.4, 0.5) is 0 Å². The molecule has 4 heteroatoms. The molecular weight excluding hydrogens is 254 g/mol. The van der Waals surface area contributed by atoms with Crippen LogP contribution in [0, 0.1) is 0 Å². The highest BCUT2D eigenvalue weighted by Gasteiger charge is 2.29. The summed E-state index contributed by atoms with van der Waals surface area (Å²) in [6, 6.07) is 6.44. The summed E-state index contributed by atoms with van der Waals surface area (Å²) in [6.45, 7) is 7.38. The number of ether oxygens (including phenoxy) is 3. The molecule has 1 fully saturated rings. The van der Waals surface area contributed by atoms with Crippen molar-refractivity contribution in [2.45, 2.75) is 38.3 Å². The maximum Gasteiger partial charge on any atom is 0.161 e. The predicted octanol–water partition coefficient (Wildman–Crippen LogP) is 2.68. The molecule has 0 saturated carbocycles. The highest BCUT2D eigenvalue weighted by Crippen LogP contribution is 2.33. The molecule has 20 heavy (non-hydrogen) atoms. The summed E-state index contributed by atoms with van der Waals surface area (Å²) in [5.41, 5.74) is 1.21. The third-order valence-electron chi connectivity index (χ3n) is 4.15.